The minimum Gasteiger partial charge on any atom is -0.325 e. The third kappa shape index (κ3) is 2.70. The molecule has 0 aliphatic carbocycles. The van der Waals surface area contributed by atoms with Crippen molar-refractivity contribution in [2.45, 2.75) is 6.42 Å². The van der Waals surface area contributed by atoms with E-state index < -0.39 is 0 Å². The lowest BCUT2D eigenvalue weighted by atomic mass is 10.1. The van der Waals surface area contributed by atoms with Crippen molar-refractivity contribution in [1.29, 1.82) is 0 Å². The average Bonchev–Trinajstić information content (AvgIpc) is 2.62. The Morgan fingerprint density at radius 2 is 1.67 bits per heavy atom. The van der Waals surface area contributed by atoms with Gasteiger partial charge in [0.2, 0.25) is 5.91 Å². The summed E-state index contributed by atoms with van der Waals surface area (Å²) in [6.07, 6.45) is 3.78. The van der Waals surface area contributed by atoms with Crippen LogP contribution in [0.2, 0.25) is 0 Å². The van der Waals surface area contributed by atoms with Gasteiger partial charge < -0.3 is 5.32 Å². The smallest absolute Gasteiger partial charge is 0.228 e. The first kappa shape index (κ1) is 14.3. The van der Waals surface area contributed by atoms with Gasteiger partial charge in [-0.25, -0.2) is 0 Å². The van der Waals surface area contributed by atoms with Gasteiger partial charge in [-0.15, -0.1) is 0 Å². The SMILES string of the molecule is O=C(Cc1cccc2cccnc12)Nc1cccc2ncccc12. The molecule has 4 rings (SSSR count). The number of rotatable bonds is 3. The minimum atomic E-state index is -0.0653. The molecule has 24 heavy (non-hydrogen) atoms. The fraction of sp³-hybridized carbons (Fsp3) is 0.0500. The highest BCUT2D eigenvalue weighted by Gasteiger charge is 2.10. The number of nitrogens with one attached hydrogen (secondary N) is 1. The molecule has 116 valence electrons. The van der Waals surface area contributed by atoms with Crippen molar-refractivity contribution < 1.29 is 4.79 Å². The Morgan fingerprint density at radius 1 is 0.875 bits per heavy atom. The van der Waals surface area contributed by atoms with Crippen LogP contribution in [0.1, 0.15) is 5.56 Å². The number of carbonyl (C=O) groups excluding carboxylic acids is 1. The molecule has 2 aromatic carbocycles. The number of carbonyl (C=O) groups is 1. The zero-order chi connectivity index (χ0) is 16.4. The van der Waals surface area contributed by atoms with Gasteiger partial charge in [-0.05, 0) is 35.9 Å². The fourth-order valence-electron chi connectivity index (χ4n) is 2.89. The van der Waals surface area contributed by atoms with Gasteiger partial charge in [0.25, 0.3) is 0 Å². The van der Waals surface area contributed by atoms with E-state index in [0.29, 0.717) is 0 Å². The van der Waals surface area contributed by atoms with E-state index in [-0.39, 0.29) is 12.3 Å². The summed E-state index contributed by atoms with van der Waals surface area (Å²) >= 11 is 0. The van der Waals surface area contributed by atoms with Crippen LogP contribution >= 0.6 is 0 Å². The Labute approximate surface area is 139 Å². The predicted molar refractivity (Wildman–Crippen MR) is 95.8 cm³/mol. The second kappa shape index (κ2) is 6.08. The number of aromatic nitrogens is 2. The molecule has 0 aliphatic rings. The second-order valence-electron chi connectivity index (χ2n) is 5.59. The monoisotopic (exact) mass is 313 g/mol. The lowest BCUT2D eigenvalue weighted by Gasteiger charge is -2.09. The Bertz CT molecular complexity index is 949. The number of pyridine rings is 2. The molecule has 1 N–H and O–H groups in total. The van der Waals surface area contributed by atoms with Gasteiger partial charge in [0, 0.05) is 23.2 Å². The van der Waals surface area contributed by atoms with E-state index in [0.717, 1.165) is 33.1 Å². The van der Waals surface area contributed by atoms with E-state index in [1.165, 1.54) is 0 Å². The first-order chi connectivity index (χ1) is 11.8. The third-order valence-electron chi connectivity index (χ3n) is 3.99. The quantitative estimate of drug-likeness (QED) is 0.623. The van der Waals surface area contributed by atoms with Crippen molar-refractivity contribution in [3.8, 4) is 0 Å². The molecular formula is C20H15N3O. The van der Waals surface area contributed by atoms with Gasteiger partial charge in [-0.3, -0.25) is 14.8 Å². The van der Waals surface area contributed by atoms with E-state index in [9.17, 15) is 4.79 Å². The third-order valence-corrected chi connectivity index (χ3v) is 3.99. The normalized spacial score (nSPS) is 10.8. The number of hydrogen-bond acceptors (Lipinski definition) is 3. The maximum atomic E-state index is 12.5. The van der Waals surface area contributed by atoms with Crippen molar-refractivity contribution in [2.24, 2.45) is 0 Å². The molecule has 0 bridgehead atoms. The Morgan fingerprint density at radius 3 is 2.62 bits per heavy atom. The van der Waals surface area contributed by atoms with E-state index in [4.69, 9.17) is 0 Å². The summed E-state index contributed by atoms with van der Waals surface area (Å²) in [5, 5.41) is 4.97. The maximum absolute atomic E-state index is 12.5. The Hall–Kier alpha value is -3.27. The number of anilines is 1. The van der Waals surface area contributed by atoms with E-state index in [1.807, 2.05) is 60.7 Å². The minimum absolute atomic E-state index is 0.0653. The van der Waals surface area contributed by atoms with Crippen LogP contribution in [0.4, 0.5) is 5.69 Å². The van der Waals surface area contributed by atoms with Crippen LogP contribution in [0.5, 0.6) is 0 Å². The summed E-state index contributed by atoms with van der Waals surface area (Å²) in [6, 6.07) is 19.3. The summed E-state index contributed by atoms with van der Waals surface area (Å²) in [5.74, 6) is -0.0653. The molecule has 0 aliphatic heterocycles. The molecule has 1 amide bonds. The number of amides is 1. The second-order valence-corrected chi connectivity index (χ2v) is 5.59. The van der Waals surface area contributed by atoms with Crippen LogP contribution in [0.3, 0.4) is 0 Å². The van der Waals surface area contributed by atoms with Gasteiger partial charge in [0.05, 0.1) is 23.1 Å². The topological polar surface area (TPSA) is 54.9 Å². The fourth-order valence-corrected chi connectivity index (χ4v) is 2.89. The predicted octanol–water partition coefficient (Wildman–Crippen LogP) is 3.96. The van der Waals surface area contributed by atoms with Gasteiger partial charge in [0.15, 0.2) is 0 Å². The number of para-hydroxylation sites is 1. The largest absolute Gasteiger partial charge is 0.325 e. The molecular weight excluding hydrogens is 298 g/mol. The van der Waals surface area contributed by atoms with Crippen LogP contribution in [0.25, 0.3) is 21.8 Å². The lowest BCUT2D eigenvalue weighted by Crippen LogP contribution is -2.15. The zero-order valence-corrected chi connectivity index (χ0v) is 12.9. The number of benzene rings is 2. The van der Waals surface area contributed by atoms with E-state index >= 15 is 0 Å². The van der Waals surface area contributed by atoms with Gasteiger partial charge in [0.1, 0.15) is 0 Å². The molecule has 0 saturated heterocycles. The molecule has 4 aromatic rings. The standard InChI is InChI=1S/C20H15N3O/c24-19(13-15-6-1-5-14-7-3-12-22-20(14)15)23-18-10-2-9-17-16(18)8-4-11-21-17/h1-12H,13H2,(H,23,24). The molecule has 0 radical (unpaired) electrons. The molecule has 4 nitrogen and oxygen atoms in total. The zero-order valence-electron chi connectivity index (χ0n) is 12.9. The molecule has 0 fully saturated rings. The van der Waals surface area contributed by atoms with Crippen molar-refractivity contribution in [3.05, 3.63) is 78.6 Å². The Kier molecular flexibility index (Phi) is 3.63. The van der Waals surface area contributed by atoms with Crippen LogP contribution in [-0.4, -0.2) is 15.9 Å². The molecule has 0 unspecified atom stereocenters. The average molecular weight is 313 g/mol. The molecule has 2 heterocycles. The first-order valence-corrected chi connectivity index (χ1v) is 7.77. The van der Waals surface area contributed by atoms with E-state index in [1.54, 1.807) is 12.4 Å². The molecule has 0 spiro atoms. The number of nitrogens with zero attached hydrogens (tertiary/aromatic N) is 2. The molecule has 4 heteroatoms. The maximum Gasteiger partial charge on any atom is 0.228 e. The Balaban J connectivity index is 1.62. The van der Waals surface area contributed by atoms with Crippen molar-refractivity contribution in [3.63, 3.8) is 0 Å². The van der Waals surface area contributed by atoms with Crippen LogP contribution in [-0.2, 0) is 11.2 Å². The van der Waals surface area contributed by atoms with Gasteiger partial charge in [-0.2, -0.15) is 0 Å². The van der Waals surface area contributed by atoms with Crippen molar-refractivity contribution in [2.75, 3.05) is 5.32 Å². The molecule has 2 aromatic heterocycles. The van der Waals surface area contributed by atoms with E-state index in [2.05, 4.69) is 15.3 Å². The summed E-state index contributed by atoms with van der Waals surface area (Å²) in [5.41, 5.74) is 3.43. The summed E-state index contributed by atoms with van der Waals surface area (Å²) in [4.78, 5) is 21.2. The molecule has 0 atom stereocenters. The summed E-state index contributed by atoms with van der Waals surface area (Å²) < 4.78 is 0. The molecule has 0 saturated carbocycles. The number of fused-ring (bicyclic) bond motifs is 2. The highest BCUT2D eigenvalue weighted by molar-refractivity contribution is 6.02. The van der Waals surface area contributed by atoms with Crippen molar-refractivity contribution in [1.82, 2.24) is 9.97 Å². The summed E-state index contributed by atoms with van der Waals surface area (Å²) in [6.45, 7) is 0. The van der Waals surface area contributed by atoms with Crippen LogP contribution in [0, 0.1) is 0 Å². The van der Waals surface area contributed by atoms with Crippen molar-refractivity contribution >= 4 is 33.4 Å². The van der Waals surface area contributed by atoms with Gasteiger partial charge >= 0.3 is 0 Å². The van der Waals surface area contributed by atoms with Gasteiger partial charge in [-0.1, -0.05) is 30.3 Å². The van der Waals surface area contributed by atoms with Crippen LogP contribution in [0.15, 0.2) is 73.1 Å². The summed E-state index contributed by atoms with van der Waals surface area (Å²) in [7, 11) is 0. The first-order valence-electron chi connectivity index (χ1n) is 7.77. The highest BCUT2D eigenvalue weighted by atomic mass is 16.1. The highest BCUT2D eigenvalue weighted by Crippen LogP contribution is 2.22. The lowest BCUT2D eigenvalue weighted by molar-refractivity contribution is -0.115. The van der Waals surface area contributed by atoms with Crippen LogP contribution < -0.4 is 5.32 Å². The number of hydrogen-bond donors (Lipinski definition) is 1.